The molecule has 0 amide bonds. The van der Waals surface area contributed by atoms with Crippen molar-refractivity contribution < 1.29 is 29.0 Å². The molecule has 0 heterocycles. The highest BCUT2D eigenvalue weighted by molar-refractivity contribution is 6.59. The van der Waals surface area contributed by atoms with Crippen molar-refractivity contribution in [2.24, 2.45) is 0 Å². The molecule has 0 aromatic heterocycles. The maximum Gasteiger partial charge on any atom is 0.488 e. The average molecular weight is 298 g/mol. The zero-order chi connectivity index (χ0) is 15.5. The Balaban J connectivity index is 2.33. The molecule has 0 aliphatic rings. The number of methoxy groups -OCH3 is 2. The van der Waals surface area contributed by atoms with Gasteiger partial charge in [-0.2, -0.15) is 0 Å². The first-order valence-electron chi connectivity index (χ1n) is 6.86. The van der Waals surface area contributed by atoms with E-state index in [0.29, 0.717) is 49.8 Å². The fraction of sp³-hybridized carbons (Fsp3) is 0.571. The Bertz CT molecular complexity index is 399. The van der Waals surface area contributed by atoms with E-state index in [9.17, 15) is 10.0 Å². The van der Waals surface area contributed by atoms with E-state index in [4.69, 9.17) is 18.9 Å². The van der Waals surface area contributed by atoms with Crippen LogP contribution in [-0.2, 0) is 20.8 Å². The normalized spacial score (nSPS) is 10.7. The molecule has 2 N–H and O–H groups in total. The molecule has 1 rings (SSSR count). The maximum atomic E-state index is 9.32. The number of hydrogen-bond acceptors (Lipinski definition) is 6. The molecule has 0 unspecified atom stereocenters. The van der Waals surface area contributed by atoms with Gasteiger partial charge in [-0.25, -0.2) is 0 Å². The van der Waals surface area contributed by atoms with Gasteiger partial charge in [-0.3, -0.25) is 0 Å². The Morgan fingerprint density at radius 1 is 1.00 bits per heavy atom. The lowest BCUT2D eigenvalue weighted by Gasteiger charge is -2.11. The second-order valence-corrected chi connectivity index (χ2v) is 4.45. The SMILES string of the molecule is COCCOCCCOCc1cc(OC)ccc1B(O)O. The van der Waals surface area contributed by atoms with Crippen LogP contribution in [0.25, 0.3) is 0 Å². The summed E-state index contributed by atoms with van der Waals surface area (Å²) in [5.41, 5.74) is 1.12. The Labute approximate surface area is 125 Å². The zero-order valence-electron chi connectivity index (χ0n) is 12.6. The quantitative estimate of drug-likeness (QED) is 0.440. The van der Waals surface area contributed by atoms with Crippen LogP contribution in [0.15, 0.2) is 18.2 Å². The highest BCUT2D eigenvalue weighted by atomic mass is 16.5. The molecule has 0 saturated heterocycles. The summed E-state index contributed by atoms with van der Waals surface area (Å²) in [4.78, 5) is 0. The van der Waals surface area contributed by atoms with E-state index in [1.807, 2.05) is 0 Å². The predicted molar refractivity (Wildman–Crippen MR) is 79.8 cm³/mol. The maximum absolute atomic E-state index is 9.32. The Morgan fingerprint density at radius 2 is 1.76 bits per heavy atom. The molecule has 0 fully saturated rings. The van der Waals surface area contributed by atoms with Gasteiger partial charge in [0.1, 0.15) is 5.75 Å². The summed E-state index contributed by atoms with van der Waals surface area (Å²) in [7, 11) is 1.67. The van der Waals surface area contributed by atoms with Crippen LogP contribution in [0.5, 0.6) is 5.75 Å². The molecule has 0 radical (unpaired) electrons. The van der Waals surface area contributed by atoms with E-state index in [2.05, 4.69) is 0 Å². The van der Waals surface area contributed by atoms with Crippen LogP contribution in [0, 0.1) is 0 Å². The number of benzene rings is 1. The van der Waals surface area contributed by atoms with Crippen molar-refractivity contribution in [1.82, 2.24) is 0 Å². The van der Waals surface area contributed by atoms with Crippen LogP contribution < -0.4 is 10.2 Å². The van der Waals surface area contributed by atoms with Crippen LogP contribution in [-0.4, -0.2) is 57.8 Å². The van der Waals surface area contributed by atoms with Gasteiger partial charge in [0.2, 0.25) is 0 Å². The topological polar surface area (TPSA) is 77.4 Å². The lowest BCUT2D eigenvalue weighted by atomic mass is 9.77. The van der Waals surface area contributed by atoms with Crippen molar-refractivity contribution in [1.29, 1.82) is 0 Å². The molecule has 7 heteroatoms. The second kappa shape index (κ2) is 10.6. The molecule has 0 bridgehead atoms. The van der Waals surface area contributed by atoms with Crippen LogP contribution in [0.1, 0.15) is 12.0 Å². The first-order valence-corrected chi connectivity index (χ1v) is 6.86. The zero-order valence-corrected chi connectivity index (χ0v) is 12.6. The summed E-state index contributed by atoms with van der Waals surface area (Å²) in [6.07, 6.45) is 0.769. The Morgan fingerprint density at radius 3 is 2.43 bits per heavy atom. The molecule has 21 heavy (non-hydrogen) atoms. The van der Waals surface area contributed by atoms with E-state index < -0.39 is 7.12 Å². The molecule has 0 aliphatic carbocycles. The smallest absolute Gasteiger partial charge is 0.488 e. The molecular weight excluding hydrogens is 275 g/mol. The predicted octanol–water partition coefficient (Wildman–Crippen LogP) is -0.0553. The molecule has 1 aromatic carbocycles. The first-order chi connectivity index (χ1) is 10.2. The molecule has 118 valence electrons. The average Bonchev–Trinajstić information content (AvgIpc) is 2.49. The Hall–Kier alpha value is -1.12. The van der Waals surface area contributed by atoms with Crippen LogP contribution in [0.4, 0.5) is 0 Å². The van der Waals surface area contributed by atoms with Crippen molar-refractivity contribution in [2.75, 3.05) is 40.6 Å². The van der Waals surface area contributed by atoms with Gasteiger partial charge in [0.15, 0.2) is 0 Å². The van der Waals surface area contributed by atoms with Crippen molar-refractivity contribution in [3.05, 3.63) is 23.8 Å². The molecular formula is C14H23BO6. The van der Waals surface area contributed by atoms with Gasteiger partial charge < -0.3 is 29.0 Å². The fourth-order valence-electron chi connectivity index (χ4n) is 1.78. The van der Waals surface area contributed by atoms with Gasteiger partial charge in [-0.15, -0.1) is 0 Å². The van der Waals surface area contributed by atoms with E-state index >= 15 is 0 Å². The summed E-state index contributed by atoms with van der Waals surface area (Å²) in [6.45, 7) is 2.60. The largest absolute Gasteiger partial charge is 0.497 e. The minimum atomic E-state index is -1.52. The molecule has 0 aliphatic heterocycles. The summed E-state index contributed by atoms with van der Waals surface area (Å²) in [5.74, 6) is 0.654. The summed E-state index contributed by atoms with van der Waals surface area (Å²) < 4.78 is 20.8. The molecule has 0 saturated carbocycles. The third kappa shape index (κ3) is 6.92. The number of ether oxygens (including phenoxy) is 4. The monoisotopic (exact) mass is 298 g/mol. The highest BCUT2D eigenvalue weighted by Gasteiger charge is 2.16. The van der Waals surface area contributed by atoms with E-state index in [1.165, 1.54) is 0 Å². The van der Waals surface area contributed by atoms with Crippen molar-refractivity contribution in [3.8, 4) is 5.75 Å². The standard InChI is InChI=1S/C14H23BO6/c1-18-8-9-20-6-3-7-21-11-12-10-13(19-2)4-5-14(12)15(16)17/h4-5,10,16-17H,3,6-9,11H2,1-2H3. The minimum absolute atomic E-state index is 0.294. The third-order valence-corrected chi connectivity index (χ3v) is 2.90. The van der Waals surface area contributed by atoms with Crippen LogP contribution in [0.3, 0.4) is 0 Å². The fourth-order valence-corrected chi connectivity index (χ4v) is 1.78. The third-order valence-electron chi connectivity index (χ3n) is 2.90. The van der Waals surface area contributed by atoms with Crippen molar-refractivity contribution in [2.45, 2.75) is 13.0 Å². The minimum Gasteiger partial charge on any atom is -0.497 e. The molecule has 6 nitrogen and oxygen atoms in total. The van der Waals surface area contributed by atoms with Gasteiger partial charge in [0.05, 0.1) is 26.9 Å². The molecule has 0 atom stereocenters. The first kappa shape index (κ1) is 17.9. The summed E-state index contributed by atoms with van der Waals surface area (Å²) in [5, 5.41) is 18.6. The van der Waals surface area contributed by atoms with Gasteiger partial charge in [0, 0.05) is 20.3 Å². The number of rotatable bonds is 11. The lowest BCUT2D eigenvalue weighted by Crippen LogP contribution is -2.33. The number of hydrogen-bond donors (Lipinski definition) is 2. The molecule has 1 aromatic rings. The second-order valence-electron chi connectivity index (χ2n) is 4.45. The van der Waals surface area contributed by atoms with Crippen molar-refractivity contribution in [3.63, 3.8) is 0 Å². The van der Waals surface area contributed by atoms with Gasteiger partial charge in [-0.1, -0.05) is 6.07 Å². The van der Waals surface area contributed by atoms with Crippen molar-refractivity contribution >= 4 is 12.6 Å². The lowest BCUT2D eigenvalue weighted by molar-refractivity contribution is 0.0484. The van der Waals surface area contributed by atoms with E-state index in [-0.39, 0.29) is 0 Å². The highest BCUT2D eigenvalue weighted by Crippen LogP contribution is 2.12. The summed E-state index contributed by atoms with van der Waals surface area (Å²) in [6, 6.07) is 5.04. The van der Waals surface area contributed by atoms with Crippen LogP contribution in [0.2, 0.25) is 0 Å². The van der Waals surface area contributed by atoms with Gasteiger partial charge >= 0.3 is 7.12 Å². The summed E-state index contributed by atoms with van der Waals surface area (Å²) >= 11 is 0. The van der Waals surface area contributed by atoms with E-state index in [0.717, 1.165) is 6.42 Å². The van der Waals surface area contributed by atoms with Crippen LogP contribution >= 0.6 is 0 Å². The van der Waals surface area contributed by atoms with Gasteiger partial charge in [0.25, 0.3) is 0 Å². The van der Waals surface area contributed by atoms with E-state index in [1.54, 1.807) is 32.4 Å². The Kier molecular flexibility index (Phi) is 9.04. The van der Waals surface area contributed by atoms with Gasteiger partial charge in [-0.05, 0) is 29.6 Å². The molecule has 0 spiro atoms.